The Labute approximate surface area is 159 Å². The average molecular weight is 376 g/mol. The van der Waals surface area contributed by atoms with E-state index in [1.54, 1.807) is 17.0 Å². The van der Waals surface area contributed by atoms with Gasteiger partial charge in [0.05, 0.1) is 0 Å². The maximum atomic E-state index is 12.6. The molecule has 1 heterocycles. The van der Waals surface area contributed by atoms with Crippen LogP contribution in [0, 0.1) is 0 Å². The molecule has 0 aliphatic carbocycles. The van der Waals surface area contributed by atoms with Crippen LogP contribution in [0.1, 0.15) is 51.0 Å². The van der Waals surface area contributed by atoms with Crippen molar-refractivity contribution in [3.05, 3.63) is 29.8 Å². The second-order valence-electron chi connectivity index (χ2n) is 6.97. The lowest BCUT2D eigenvalue weighted by atomic mass is 10.0. The molecular weight excluding hydrogens is 348 g/mol. The second-order valence-corrected chi connectivity index (χ2v) is 6.97. The van der Waals surface area contributed by atoms with Crippen molar-refractivity contribution >= 4 is 17.8 Å². The minimum absolute atomic E-state index is 0.0356. The van der Waals surface area contributed by atoms with Crippen LogP contribution in [0.2, 0.25) is 0 Å². The van der Waals surface area contributed by atoms with E-state index < -0.39 is 24.0 Å². The number of carbonyl (C=O) groups is 3. The van der Waals surface area contributed by atoms with Gasteiger partial charge in [-0.05, 0) is 37.0 Å². The number of hydrogen-bond donors (Lipinski definition) is 3. The summed E-state index contributed by atoms with van der Waals surface area (Å²) >= 11 is 0. The number of rotatable bonds is 9. The zero-order valence-electron chi connectivity index (χ0n) is 15.7. The summed E-state index contributed by atoms with van der Waals surface area (Å²) in [5.74, 6) is -1.48. The number of carboxylic acid groups (broad SMARTS) is 1. The van der Waals surface area contributed by atoms with Gasteiger partial charge in [0, 0.05) is 19.4 Å². The number of likely N-dealkylation sites (tertiary alicyclic amines) is 1. The topological polar surface area (TPSA) is 107 Å². The quantitative estimate of drug-likeness (QED) is 0.572. The molecule has 0 spiro atoms. The third-order valence-electron chi connectivity index (χ3n) is 4.86. The molecule has 1 saturated heterocycles. The third-order valence-corrected chi connectivity index (χ3v) is 4.86. The molecule has 1 aliphatic heterocycles. The number of carboxylic acids is 1. The number of carbonyl (C=O) groups excluding carboxylic acids is 2. The first-order chi connectivity index (χ1) is 12.9. The molecule has 0 unspecified atom stereocenters. The predicted molar refractivity (Wildman–Crippen MR) is 100 cm³/mol. The van der Waals surface area contributed by atoms with Gasteiger partial charge in [-0.2, -0.15) is 0 Å². The van der Waals surface area contributed by atoms with Crippen LogP contribution in [0.4, 0.5) is 0 Å². The van der Waals surface area contributed by atoms with Gasteiger partial charge >= 0.3 is 5.97 Å². The lowest BCUT2D eigenvalue weighted by Crippen LogP contribution is -2.51. The van der Waals surface area contributed by atoms with Crippen LogP contribution < -0.4 is 5.32 Å². The van der Waals surface area contributed by atoms with E-state index in [4.69, 9.17) is 0 Å². The van der Waals surface area contributed by atoms with E-state index in [1.807, 2.05) is 0 Å². The zero-order chi connectivity index (χ0) is 19.8. The van der Waals surface area contributed by atoms with E-state index in [9.17, 15) is 24.6 Å². The Hall–Kier alpha value is -2.57. The fourth-order valence-electron chi connectivity index (χ4n) is 3.34. The van der Waals surface area contributed by atoms with Crippen LogP contribution in [0.15, 0.2) is 24.3 Å². The molecule has 0 radical (unpaired) electrons. The Kier molecular flexibility index (Phi) is 7.64. The van der Waals surface area contributed by atoms with Gasteiger partial charge in [0.25, 0.3) is 0 Å². The summed E-state index contributed by atoms with van der Waals surface area (Å²) in [7, 11) is 0. The molecule has 27 heavy (non-hydrogen) atoms. The normalized spacial score (nSPS) is 17.5. The Morgan fingerprint density at radius 1 is 1.22 bits per heavy atom. The number of nitrogens with zero attached hydrogens (tertiary/aromatic N) is 1. The smallest absolute Gasteiger partial charge is 0.326 e. The highest BCUT2D eigenvalue weighted by molar-refractivity contribution is 5.91. The van der Waals surface area contributed by atoms with Crippen molar-refractivity contribution in [3.8, 4) is 5.75 Å². The number of phenols is 1. The van der Waals surface area contributed by atoms with Crippen molar-refractivity contribution in [2.24, 2.45) is 0 Å². The Morgan fingerprint density at radius 3 is 2.56 bits per heavy atom. The third kappa shape index (κ3) is 5.98. The monoisotopic (exact) mass is 376 g/mol. The lowest BCUT2D eigenvalue weighted by molar-refractivity contribution is -0.143. The van der Waals surface area contributed by atoms with Crippen LogP contribution in [-0.4, -0.2) is 51.5 Å². The second kappa shape index (κ2) is 9.94. The van der Waals surface area contributed by atoms with E-state index in [-0.39, 0.29) is 18.1 Å². The number of nitrogens with one attached hydrogen (secondary N) is 1. The zero-order valence-corrected chi connectivity index (χ0v) is 15.7. The molecule has 0 saturated carbocycles. The highest BCUT2D eigenvalue weighted by atomic mass is 16.4. The molecule has 0 aromatic heterocycles. The Bertz CT molecular complexity index is 659. The molecule has 2 amide bonds. The van der Waals surface area contributed by atoms with Gasteiger partial charge in [-0.15, -0.1) is 0 Å². The maximum Gasteiger partial charge on any atom is 0.326 e. The standard InChI is InChI=1S/C20H28N2O5/c1-2-3-4-7-18(24)22-12-5-6-17(22)19(25)21-16(20(26)27)13-14-8-10-15(23)11-9-14/h8-11,16-17,23H,2-7,12-13H2,1H3,(H,21,25)(H,26,27)/t16-,17-/m0/s1. The number of hydrogen-bond acceptors (Lipinski definition) is 4. The fourth-order valence-corrected chi connectivity index (χ4v) is 3.34. The predicted octanol–water partition coefficient (Wildman–Crippen LogP) is 2.08. The van der Waals surface area contributed by atoms with Crippen molar-refractivity contribution in [2.45, 2.75) is 64.0 Å². The summed E-state index contributed by atoms with van der Waals surface area (Å²) in [6.45, 7) is 2.61. The van der Waals surface area contributed by atoms with E-state index in [0.717, 1.165) is 25.7 Å². The molecule has 2 atom stereocenters. The molecular formula is C20H28N2O5. The van der Waals surface area contributed by atoms with Crippen molar-refractivity contribution in [1.82, 2.24) is 10.2 Å². The summed E-state index contributed by atoms with van der Waals surface area (Å²) in [6, 6.07) is 4.51. The Morgan fingerprint density at radius 2 is 1.93 bits per heavy atom. The highest BCUT2D eigenvalue weighted by Crippen LogP contribution is 2.20. The van der Waals surface area contributed by atoms with Gasteiger partial charge in [-0.25, -0.2) is 4.79 Å². The summed E-state index contributed by atoms with van der Waals surface area (Å²) in [5.41, 5.74) is 0.694. The first kappa shape index (κ1) is 20.7. The molecule has 2 rings (SSSR count). The number of unbranched alkanes of at least 4 members (excludes halogenated alkanes) is 2. The van der Waals surface area contributed by atoms with Gasteiger partial charge in [-0.1, -0.05) is 31.9 Å². The minimum atomic E-state index is -1.13. The van der Waals surface area contributed by atoms with Crippen LogP contribution >= 0.6 is 0 Å². The fraction of sp³-hybridized carbons (Fsp3) is 0.550. The molecule has 148 valence electrons. The van der Waals surface area contributed by atoms with Gasteiger partial charge in [0.1, 0.15) is 17.8 Å². The molecule has 1 aliphatic rings. The van der Waals surface area contributed by atoms with Crippen LogP contribution in [0.5, 0.6) is 5.75 Å². The van der Waals surface area contributed by atoms with E-state index in [1.165, 1.54) is 12.1 Å². The number of benzene rings is 1. The highest BCUT2D eigenvalue weighted by Gasteiger charge is 2.35. The van der Waals surface area contributed by atoms with Gasteiger partial charge in [0.2, 0.25) is 11.8 Å². The molecule has 1 fully saturated rings. The van der Waals surface area contributed by atoms with E-state index >= 15 is 0 Å². The maximum absolute atomic E-state index is 12.6. The number of aromatic hydroxyl groups is 1. The molecule has 7 heteroatoms. The van der Waals surface area contributed by atoms with Crippen LogP contribution in [0.3, 0.4) is 0 Å². The van der Waals surface area contributed by atoms with Gasteiger partial charge in [-0.3, -0.25) is 9.59 Å². The first-order valence-corrected chi connectivity index (χ1v) is 9.53. The minimum Gasteiger partial charge on any atom is -0.508 e. The van der Waals surface area contributed by atoms with Crippen LogP contribution in [-0.2, 0) is 20.8 Å². The largest absolute Gasteiger partial charge is 0.508 e. The van der Waals surface area contributed by atoms with E-state index in [2.05, 4.69) is 12.2 Å². The summed E-state index contributed by atoms with van der Waals surface area (Å²) < 4.78 is 0. The van der Waals surface area contributed by atoms with Gasteiger partial charge < -0.3 is 20.4 Å². The van der Waals surface area contributed by atoms with E-state index in [0.29, 0.717) is 24.9 Å². The number of phenolic OH excluding ortho intramolecular Hbond substituents is 1. The van der Waals surface area contributed by atoms with Crippen LogP contribution in [0.25, 0.3) is 0 Å². The number of aliphatic carboxylic acids is 1. The average Bonchev–Trinajstić information content (AvgIpc) is 3.13. The molecule has 1 aromatic rings. The van der Waals surface area contributed by atoms with Crippen molar-refractivity contribution in [3.63, 3.8) is 0 Å². The summed E-state index contributed by atoms with van der Waals surface area (Å²) in [5, 5.41) is 21.4. The van der Waals surface area contributed by atoms with Crippen molar-refractivity contribution < 1.29 is 24.6 Å². The molecule has 0 bridgehead atoms. The molecule has 3 N–H and O–H groups in total. The molecule has 7 nitrogen and oxygen atoms in total. The SMILES string of the molecule is CCCCCC(=O)N1CCC[C@H]1C(=O)N[C@@H](Cc1ccc(O)cc1)C(=O)O. The number of amides is 2. The lowest BCUT2D eigenvalue weighted by Gasteiger charge is -2.25. The molecule has 1 aromatic carbocycles. The van der Waals surface area contributed by atoms with Crippen molar-refractivity contribution in [1.29, 1.82) is 0 Å². The Balaban J connectivity index is 1.98. The van der Waals surface area contributed by atoms with Gasteiger partial charge in [0.15, 0.2) is 0 Å². The summed E-state index contributed by atoms with van der Waals surface area (Å²) in [6.07, 6.45) is 4.63. The first-order valence-electron chi connectivity index (χ1n) is 9.53. The van der Waals surface area contributed by atoms with Crippen molar-refractivity contribution in [2.75, 3.05) is 6.54 Å². The summed E-state index contributed by atoms with van der Waals surface area (Å²) in [4.78, 5) is 38.2.